The highest BCUT2D eigenvalue weighted by atomic mass is 79.9. The zero-order valence-electron chi connectivity index (χ0n) is 15.1. The molecule has 1 aromatic heterocycles. The van der Waals surface area contributed by atoms with Crippen molar-refractivity contribution in [3.63, 3.8) is 0 Å². The molecule has 0 aliphatic carbocycles. The third-order valence-corrected chi connectivity index (χ3v) is 4.25. The van der Waals surface area contributed by atoms with E-state index in [-0.39, 0.29) is 11.8 Å². The van der Waals surface area contributed by atoms with Crippen LogP contribution < -0.4 is 15.4 Å². The predicted molar refractivity (Wildman–Crippen MR) is 112 cm³/mol. The minimum absolute atomic E-state index is 0.309. The lowest BCUT2D eigenvalue weighted by Crippen LogP contribution is -2.16. The first-order chi connectivity index (χ1) is 13.6. The third-order valence-electron chi connectivity index (χ3n) is 3.78. The molecule has 0 saturated heterocycles. The van der Waals surface area contributed by atoms with Gasteiger partial charge in [-0.15, -0.1) is 0 Å². The summed E-state index contributed by atoms with van der Waals surface area (Å²) in [5.74, 6) is 0.322. The van der Waals surface area contributed by atoms with Crippen molar-refractivity contribution in [1.29, 1.82) is 0 Å². The standard InChI is InChI=1S/C21H18BrN3O3/c1-2-28-18-9-4-3-8-17(18)21(27)24-16-7-5-6-14(12-16)20(26)25-19-11-10-15(22)13-23-19/h3-13H,2H2,1H3,(H,24,27)(H,23,25,26). The number of halogens is 1. The minimum Gasteiger partial charge on any atom is -0.493 e. The zero-order valence-corrected chi connectivity index (χ0v) is 16.7. The number of anilines is 2. The molecule has 0 fully saturated rings. The van der Waals surface area contributed by atoms with Crippen LogP contribution in [0, 0.1) is 0 Å². The summed E-state index contributed by atoms with van der Waals surface area (Å²) in [4.78, 5) is 29.2. The molecule has 2 amide bonds. The van der Waals surface area contributed by atoms with E-state index in [4.69, 9.17) is 4.74 Å². The summed E-state index contributed by atoms with van der Waals surface area (Å²) in [5, 5.41) is 5.52. The molecule has 3 aromatic rings. The molecular formula is C21H18BrN3O3. The van der Waals surface area contributed by atoms with E-state index in [0.29, 0.717) is 35.0 Å². The lowest BCUT2D eigenvalue weighted by atomic mass is 10.1. The Morgan fingerprint density at radius 3 is 2.57 bits per heavy atom. The summed E-state index contributed by atoms with van der Waals surface area (Å²) >= 11 is 3.30. The topological polar surface area (TPSA) is 80.3 Å². The first-order valence-electron chi connectivity index (χ1n) is 8.63. The maximum absolute atomic E-state index is 12.6. The highest BCUT2D eigenvalue weighted by Crippen LogP contribution is 2.20. The van der Waals surface area contributed by atoms with Crippen LogP contribution in [0.1, 0.15) is 27.6 Å². The number of rotatable bonds is 6. The molecule has 0 bridgehead atoms. The van der Waals surface area contributed by atoms with Gasteiger partial charge in [0.2, 0.25) is 0 Å². The molecule has 7 heteroatoms. The summed E-state index contributed by atoms with van der Waals surface area (Å²) in [6.07, 6.45) is 1.60. The van der Waals surface area contributed by atoms with Gasteiger partial charge in [0.05, 0.1) is 12.2 Å². The second kappa shape index (κ2) is 9.14. The van der Waals surface area contributed by atoms with Gasteiger partial charge in [0.15, 0.2) is 0 Å². The van der Waals surface area contributed by atoms with Crippen LogP contribution in [-0.4, -0.2) is 23.4 Å². The van der Waals surface area contributed by atoms with Crippen LogP contribution in [0.4, 0.5) is 11.5 Å². The van der Waals surface area contributed by atoms with E-state index in [1.165, 1.54) is 0 Å². The quantitative estimate of drug-likeness (QED) is 0.580. The van der Waals surface area contributed by atoms with Crippen molar-refractivity contribution < 1.29 is 14.3 Å². The summed E-state index contributed by atoms with van der Waals surface area (Å²) < 4.78 is 6.32. The van der Waals surface area contributed by atoms with Crippen LogP contribution in [-0.2, 0) is 0 Å². The zero-order chi connectivity index (χ0) is 19.9. The number of aromatic nitrogens is 1. The number of amides is 2. The smallest absolute Gasteiger partial charge is 0.259 e. The molecule has 0 unspecified atom stereocenters. The lowest BCUT2D eigenvalue weighted by Gasteiger charge is -2.11. The van der Waals surface area contributed by atoms with Gasteiger partial charge in [-0.1, -0.05) is 18.2 Å². The van der Waals surface area contributed by atoms with Crippen molar-refractivity contribution in [2.45, 2.75) is 6.92 Å². The predicted octanol–water partition coefficient (Wildman–Crippen LogP) is 4.75. The van der Waals surface area contributed by atoms with Crippen molar-refractivity contribution in [2.24, 2.45) is 0 Å². The Bertz CT molecular complexity index is 990. The van der Waals surface area contributed by atoms with E-state index in [0.717, 1.165) is 4.47 Å². The number of hydrogen-bond acceptors (Lipinski definition) is 4. The SMILES string of the molecule is CCOc1ccccc1C(=O)Nc1cccc(C(=O)Nc2ccc(Br)cn2)c1. The van der Waals surface area contributed by atoms with Crippen LogP contribution in [0.3, 0.4) is 0 Å². The number of para-hydroxylation sites is 1. The molecule has 0 spiro atoms. The van der Waals surface area contributed by atoms with E-state index < -0.39 is 0 Å². The van der Waals surface area contributed by atoms with Gasteiger partial charge in [-0.3, -0.25) is 9.59 Å². The van der Waals surface area contributed by atoms with Crippen LogP contribution in [0.5, 0.6) is 5.75 Å². The van der Waals surface area contributed by atoms with Gasteiger partial charge in [-0.05, 0) is 65.3 Å². The number of pyridine rings is 1. The van der Waals surface area contributed by atoms with Gasteiger partial charge in [0.1, 0.15) is 11.6 Å². The Labute approximate surface area is 171 Å². The second-order valence-electron chi connectivity index (χ2n) is 5.78. The molecule has 2 N–H and O–H groups in total. The highest BCUT2D eigenvalue weighted by molar-refractivity contribution is 9.10. The van der Waals surface area contributed by atoms with Crippen LogP contribution in [0.2, 0.25) is 0 Å². The molecule has 3 rings (SSSR count). The molecule has 0 saturated carbocycles. The third kappa shape index (κ3) is 4.95. The van der Waals surface area contributed by atoms with Crippen molar-refractivity contribution in [2.75, 3.05) is 17.2 Å². The fourth-order valence-corrected chi connectivity index (χ4v) is 2.75. The van der Waals surface area contributed by atoms with E-state index in [1.807, 2.05) is 13.0 Å². The van der Waals surface area contributed by atoms with Crippen LogP contribution >= 0.6 is 15.9 Å². The van der Waals surface area contributed by atoms with Crippen LogP contribution in [0.25, 0.3) is 0 Å². The average molecular weight is 440 g/mol. The van der Waals surface area contributed by atoms with Gasteiger partial charge in [0, 0.05) is 21.9 Å². The average Bonchev–Trinajstić information content (AvgIpc) is 2.70. The number of carbonyl (C=O) groups is 2. The summed E-state index contributed by atoms with van der Waals surface area (Å²) in [6, 6.07) is 17.2. The van der Waals surface area contributed by atoms with Crippen molar-refractivity contribution in [3.8, 4) is 5.75 Å². The maximum atomic E-state index is 12.6. The molecule has 28 heavy (non-hydrogen) atoms. The van der Waals surface area contributed by atoms with E-state index in [2.05, 4.69) is 31.5 Å². The van der Waals surface area contributed by atoms with Crippen LogP contribution in [0.15, 0.2) is 71.3 Å². The van der Waals surface area contributed by atoms with E-state index in [1.54, 1.807) is 60.8 Å². The van der Waals surface area contributed by atoms with Gasteiger partial charge in [-0.25, -0.2) is 4.98 Å². The Hall–Kier alpha value is -3.19. The molecule has 0 aliphatic rings. The lowest BCUT2D eigenvalue weighted by molar-refractivity contribution is 0.101. The first-order valence-corrected chi connectivity index (χ1v) is 9.42. The molecule has 0 radical (unpaired) electrons. The van der Waals surface area contributed by atoms with Crippen molar-refractivity contribution in [3.05, 3.63) is 82.5 Å². The van der Waals surface area contributed by atoms with Gasteiger partial charge < -0.3 is 15.4 Å². The number of nitrogens with zero attached hydrogens (tertiary/aromatic N) is 1. The molecule has 6 nitrogen and oxygen atoms in total. The molecule has 0 atom stereocenters. The summed E-state index contributed by atoms with van der Waals surface area (Å²) in [6.45, 7) is 2.32. The first kappa shape index (κ1) is 19.6. The summed E-state index contributed by atoms with van der Waals surface area (Å²) in [7, 11) is 0. The van der Waals surface area contributed by atoms with Gasteiger partial charge in [0.25, 0.3) is 11.8 Å². The molecule has 2 aromatic carbocycles. The van der Waals surface area contributed by atoms with E-state index >= 15 is 0 Å². The van der Waals surface area contributed by atoms with Gasteiger partial charge >= 0.3 is 0 Å². The fourth-order valence-electron chi connectivity index (χ4n) is 2.51. The largest absolute Gasteiger partial charge is 0.493 e. The number of carbonyl (C=O) groups excluding carboxylic acids is 2. The second-order valence-corrected chi connectivity index (χ2v) is 6.70. The molecular weight excluding hydrogens is 422 g/mol. The molecule has 142 valence electrons. The fraction of sp³-hybridized carbons (Fsp3) is 0.0952. The number of nitrogens with one attached hydrogen (secondary N) is 2. The molecule has 1 heterocycles. The number of hydrogen-bond donors (Lipinski definition) is 2. The van der Waals surface area contributed by atoms with E-state index in [9.17, 15) is 9.59 Å². The van der Waals surface area contributed by atoms with Crippen molar-refractivity contribution >= 4 is 39.2 Å². The number of benzene rings is 2. The Kier molecular flexibility index (Phi) is 6.39. The monoisotopic (exact) mass is 439 g/mol. The maximum Gasteiger partial charge on any atom is 0.259 e. The number of ether oxygens (including phenoxy) is 1. The summed E-state index contributed by atoms with van der Waals surface area (Å²) in [5.41, 5.74) is 1.34. The molecule has 0 aliphatic heterocycles. The minimum atomic E-state index is -0.319. The van der Waals surface area contributed by atoms with Crippen molar-refractivity contribution in [1.82, 2.24) is 4.98 Å². The Morgan fingerprint density at radius 1 is 1.00 bits per heavy atom. The van der Waals surface area contributed by atoms with Gasteiger partial charge in [-0.2, -0.15) is 0 Å². The highest BCUT2D eigenvalue weighted by Gasteiger charge is 2.13. The Balaban J connectivity index is 1.73. The Morgan fingerprint density at radius 2 is 1.82 bits per heavy atom. The normalized spacial score (nSPS) is 10.2.